The number of aromatic nitrogens is 3. The maximum absolute atomic E-state index is 12.4. The SMILES string of the molecule is CC(C)(C)c1cnc(-c2nc(NC(=O)Nc3cccc(OCCC4CCNCC4)n3)cs2)o1. The van der Waals surface area contributed by atoms with Crippen LogP contribution in [0.1, 0.15) is 45.8 Å². The van der Waals surface area contributed by atoms with Gasteiger partial charge in [-0.1, -0.05) is 26.8 Å². The number of nitrogens with one attached hydrogen (secondary N) is 3. The van der Waals surface area contributed by atoms with Crippen LogP contribution in [0.4, 0.5) is 16.4 Å². The van der Waals surface area contributed by atoms with Crippen molar-refractivity contribution in [3.05, 3.63) is 35.5 Å². The van der Waals surface area contributed by atoms with E-state index in [-0.39, 0.29) is 5.41 Å². The molecule has 3 N–H and O–H groups in total. The summed E-state index contributed by atoms with van der Waals surface area (Å²) in [6.07, 6.45) is 5.09. The zero-order valence-electron chi connectivity index (χ0n) is 19.2. The Morgan fingerprint density at radius 1 is 1.21 bits per heavy atom. The molecule has 9 nitrogen and oxygen atoms in total. The molecule has 0 saturated carbocycles. The average Bonchev–Trinajstić information content (AvgIpc) is 3.44. The Morgan fingerprint density at radius 3 is 2.76 bits per heavy atom. The van der Waals surface area contributed by atoms with Crippen molar-refractivity contribution in [2.75, 3.05) is 30.3 Å². The van der Waals surface area contributed by atoms with Gasteiger partial charge in [0.15, 0.2) is 5.01 Å². The summed E-state index contributed by atoms with van der Waals surface area (Å²) in [6, 6.07) is 4.88. The monoisotopic (exact) mass is 470 g/mol. The van der Waals surface area contributed by atoms with Crippen molar-refractivity contribution in [1.29, 1.82) is 0 Å². The summed E-state index contributed by atoms with van der Waals surface area (Å²) in [5.41, 5.74) is -0.137. The van der Waals surface area contributed by atoms with E-state index in [9.17, 15) is 4.79 Å². The number of nitrogens with zero attached hydrogens (tertiary/aromatic N) is 3. The lowest BCUT2D eigenvalue weighted by atomic mass is 9.94. The Kier molecular flexibility index (Phi) is 7.24. The number of ether oxygens (including phenoxy) is 1. The van der Waals surface area contributed by atoms with Crippen LogP contribution >= 0.6 is 11.3 Å². The van der Waals surface area contributed by atoms with Crippen LogP contribution in [-0.2, 0) is 5.41 Å². The highest BCUT2D eigenvalue weighted by atomic mass is 32.1. The van der Waals surface area contributed by atoms with Gasteiger partial charge in [0.25, 0.3) is 5.89 Å². The van der Waals surface area contributed by atoms with Crippen molar-refractivity contribution in [3.8, 4) is 16.8 Å². The van der Waals surface area contributed by atoms with Crippen molar-refractivity contribution in [2.24, 2.45) is 5.92 Å². The number of amides is 2. The van der Waals surface area contributed by atoms with Crippen LogP contribution in [0.15, 0.2) is 34.2 Å². The van der Waals surface area contributed by atoms with E-state index in [4.69, 9.17) is 9.15 Å². The van der Waals surface area contributed by atoms with E-state index >= 15 is 0 Å². The number of urea groups is 1. The van der Waals surface area contributed by atoms with E-state index in [0.29, 0.717) is 40.9 Å². The molecule has 3 aromatic rings. The van der Waals surface area contributed by atoms with Gasteiger partial charge in [-0.25, -0.2) is 14.8 Å². The molecular formula is C23H30N6O3S. The van der Waals surface area contributed by atoms with Gasteiger partial charge in [-0.15, -0.1) is 11.3 Å². The lowest BCUT2D eigenvalue weighted by molar-refractivity contribution is 0.245. The first-order valence-electron chi connectivity index (χ1n) is 11.2. The van der Waals surface area contributed by atoms with Crippen LogP contribution in [0.5, 0.6) is 5.88 Å². The fraction of sp³-hybridized carbons (Fsp3) is 0.478. The molecule has 33 heavy (non-hydrogen) atoms. The number of oxazole rings is 1. The number of hydrogen-bond acceptors (Lipinski definition) is 8. The van der Waals surface area contributed by atoms with Gasteiger partial charge in [0.2, 0.25) is 5.88 Å². The number of anilines is 2. The zero-order valence-corrected chi connectivity index (χ0v) is 20.0. The molecule has 3 aromatic heterocycles. The van der Waals surface area contributed by atoms with Gasteiger partial charge < -0.3 is 14.5 Å². The Hall–Kier alpha value is -2.98. The number of hydrogen-bond donors (Lipinski definition) is 3. The van der Waals surface area contributed by atoms with E-state index < -0.39 is 6.03 Å². The summed E-state index contributed by atoms with van der Waals surface area (Å²) in [4.78, 5) is 25.5. The molecular weight excluding hydrogens is 440 g/mol. The van der Waals surface area contributed by atoms with Crippen LogP contribution in [0, 0.1) is 5.92 Å². The molecule has 0 bridgehead atoms. The molecule has 0 radical (unpaired) electrons. The minimum Gasteiger partial charge on any atom is -0.478 e. The van der Waals surface area contributed by atoms with E-state index in [1.165, 1.54) is 24.2 Å². The summed E-state index contributed by atoms with van der Waals surface area (Å²) >= 11 is 1.35. The van der Waals surface area contributed by atoms with Gasteiger partial charge in [-0.3, -0.25) is 10.6 Å². The van der Waals surface area contributed by atoms with Crippen LogP contribution in [0.3, 0.4) is 0 Å². The summed E-state index contributed by atoms with van der Waals surface area (Å²) in [5, 5.41) is 11.1. The summed E-state index contributed by atoms with van der Waals surface area (Å²) < 4.78 is 11.6. The predicted octanol–water partition coefficient (Wildman–Crippen LogP) is 4.90. The largest absolute Gasteiger partial charge is 0.478 e. The van der Waals surface area contributed by atoms with Gasteiger partial charge in [-0.05, 0) is 44.3 Å². The van der Waals surface area contributed by atoms with E-state index in [0.717, 1.165) is 25.3 Å². The quantitative estimate of drug-likeness (QED) is 0.450. The predicted molar refractivity (Wildman–Crippen MR) is 129 cm³/mol. The Balaban J connectivity index is 1.28. The Morgan fingerprint density at radius 2 is 2.00 bits per heavy atom. The third kappa shape index (κ3) is 6.52. The average molecular weight is 471 g/mol. The maximum atomic E-state index is 12.4. The smallest absolute Gasteiger partial charge is 0.326 e. The lowest BCUT2D eigenvalue weighted by Crippen LogP contribution is -2.28. The number of carbonyl (C=O) groups is 1. The first-order chi connectivity index (χ1) is 15.9. The number of rotatable bonds is 7. The number of thiazole rings is 1. The van der Waals surface area contributed by atoms with Gasteiger partial charge >= 0.3 is 6.03 Å². The number of piperidine rings is 1. The molecule has 2 amide bonds. The lowest BCUT2D eigenvalue weighted by Gasteiger charge is -2.22. The highest BCUT2D eigenvalue weighted by Crippen LogP contribution is 2.30. The van der Waals surface area contributed by atoms with Gasteiger partial charge in [0.05, 0.1) is 12.8 Å². The normalized spacial score (nSPS) is 14.8. The van der Waals surface area contributed by atoms with Crippen LogP contribution < -0.4 is 20.7 Å². The molecule has 4 heterocycles. The molecule has 1 saturated heterocycles. The second-order valence-corrected chi connectivity index (χ2v) is 9.95. The third-order valence-corrected chi connectivity index (χ3v) is 6.20. The first-order valence-corrected chi connectivity index (χ1v) is 12.1. The van der Waals surface area contributed by atoms with Crippen LogP contribution in [-0.4, -0.2) is 40.7 Å². The molecule has 1 aliphatic heterocycles. The van der Waals surface area contributed by atoms with Gasteiger partial charge in [0.1, 0.15) is 17.4 Å². The van der Waals surface area contributed by atoms with E-state index in [2.05, 4.69) is 51.7 Å². The topological polar surface area (TPSA) is 114 Å². The van der Waals surface area contributed by atoms with Gasteiger partial charge in [0, 0.05) is 16.9 Å². The molecule has 10 heteroatoms. The highest BCUT2D eigenvalue weighted by molar-refractivity contribution is 7.13. The Bertz CT molecular complexity index is 1070. The molecule has 4 rings (SSSR count). The summed E-state index contributed by atoms with van der Waals surface area (Å²) in [7, 11) is 0. The molecule has 0 unspecified atom stereocenters. The van der Waals surface area contributed by atoms with Crippen molar-refractivity contribution in [1.82, 2.24) is 20.3 Å². The van der Waals surface area contributed by atoms with Crippen molar-refractivity contribution in [3.63, 3.8) is 0 Å². The van der Waals surface area contributed by atoms with E-state index in [1.54, 1.807) is 29.8 Å². The maximum Gasteiger partial charge on any atom is 0.326 e. The molecule has 0 spiro atoms. The second-order valence-electron chi connectivity index (χ2n) is 9.09. The Labute approximate surface area is 197 Å². The van der Waals surface area contributed by atoms with Crippen molar-refractivity contribution < 1.29 is 13.9 Å². The van der Waals surface area contributed by atoms with Crippen LogP contribution in [0.25, 0.3) is 10.9 Å². The van der Waals surface area contributed by atoms with E-state index in [1.807, 2.05) is 0 Å². The highest BCUT2D eigenvalue weighted by Gasteiger charge is 2.21. The van der Waals surface area contributed by atoms with Crippen molar-refractivity contribution in [2.45, 2.75) is 45.4 Å². The number of pyridine rings is 1. The third-order valence-electron chi connectivity index (χ3n) is 5.37. The molecule has 1 fully saturated rings. The standard InChI is InChI=1S/C23H30N6O3S/c1-23(2,3)16-13-25-20(32-16)21-27-18(14-33-21)29-22(30)28-17-5-4-6-19(26-17)31-12-9-15-7-10-24-11-8-15/h4-6,13-15,24H,7-12H2,1-3H3,(H2,26,28,29,30). The molecule has 0 aromatic carbocycles. The summed E-state index contributed by atoms with van der Waals surface area (Å²) in [6.45, 7) is 8.94. The zero-order chi connectivity index (χ0) is 23.3. The first kappa shape index (κ1) is 23.2. The second kappa shape index (κ2) is 10.3. The fourth-order valence-corrected chi connectivity index (χ4v) is 4.16. The van der Waals surface area contributed by atoms with Gasteiger partial charge in [-0.2, -0.15) is 4.98 Å². The van der Waals surface area contributed by atoms with Crippen molar-refractivity contribution >= 4 is 29.0 Å². The van der Waals surface area contributed by atoms with Crippen LogP contribution in [0.2, 0.25) is 0 Å². The minimum absolute atomic E-state index is 0.137. The molecule has 0 atom stereocenters. The molecule has 1 aliphatic rings. The molecule has 0 aliphatic carbocycles. The fourth-order valence-electron chi connectivity index (χ4n) is 3.48. The number of carbonyl (C=O) groups excluding carboxylic acids is 1. The summed E-state index contributed by atoms with van der Waals surface area (Å²) in [5.74, 6) is 3.23. The minimum atomic E-state index is -0.436. The molecule has 176 valence electrons.